The zero-order chi connectivity index (χ0) is 19.9. The molecule has 0 saturated carbocycles. The fourth-order valence-electron chi connectivity index (χ4n) is 2.16. The summed E-state index contributed by atoms with van der Waals surface area (Å²) in [5.41, 5.74) is 1.14. The van der Waals surface area contributed by atoms with Crippen molar-refractivity contribution < 1.29 is 19.1 Å². The van der Waals surface area contributed by atoms with Crippen LogP contribution >= 0.6 is 11.8 Å². The monoisotopic (exact) mass is 390 g/mol. The second kappa shape index (κ2) is 13.7. The molecule has 6 nitrogen and oxygen atoms in total. The van der Waals surface area contributed by atoms with E-state index in [4.69, 9.17) is 4.74 Å². The Balaban J connectivity index is 2.52. The predicted octanol–water partition coefficient (Wildman–Crippen LogP) is 2.57. The number of nitrogens with zero attached hydrogens (tertiary/aromatic N) is 1. The first-order valence-corrected chi connectivity index (χ1v) is 9.74. The van der Waals surface area contributed by atoms with Crippen molar-refractivity contribution >= 4 is 35.5 Å². The van der Waals surface area contributed by atoms with Crippen LogP contribution in [0.15, 0.2) is 48.0 Å². The lowest BCUT2D eigenvalue weighted by Crippen LogP contribution is -2.43. The van der Waals surface area contributed by atoms with Crippen LogP contribution in [0.4, 0.5) is 0 Å². The van der Waals surface area contributed by atoms with E-state index < -0.39 is 12.0 Å². The Morgan fingerprint density at radius 1 is 1.26 bits per heavy atom. The standard InChI is InChI=1S/C20H26N2O4S/c1-3-4-10-18(23)22-17(20(25)26-13-12-21-2)15-19(24)27-14-11-16-8-6-5-7-9-16/h3,5-9,17H,1-2,4,10-15H2,(H,22,23)/t17-/m0/s1. The van der Waals surface area contributed by atoms with E-state index in [2.05, 4.69) is 23.6 Å². The predicted molar refractivity (Wildman–Crippen MR) is 109 cm³/mol. The molecule has 0 bridgehead atoms. The quantitative estimate of drug-likeness (QED) is 0.242. The number of ether oxygens (including phenoxy) is 1. The van der Waals surface area contributed by atoms with Gasteiger partial charge in [0.05, 0.1) is 6.54 Å². The van der Waals surface area contributed by atoms with Gasteiger partial charge in [0.25, 0.3) is 0 Å². The van der Waals surface area contributed by atoms with Gasteiger partial charge < -0.3 is 10.1 Å². The molecule has 0 aliphatic carbocycles. The maximum atomic E-state index is 12.2. The van der Waals surface area contributed by atoms with Crippen LogP contribution in [0.25, 0.3) is 0 Å². The van der Waals surface area contributed by atoms with Crippen LogP contribution in [0.2, 0.25) is 0 Å². The van der Waals surface area contributed by atoms with Crippen molar-refractivity contribution in [1.82, 2.24) is 5.32 Å². The zero-order valence-corrected chi connectivity index (χ0v) is 16.2. The van der Waals surface area contributed by atoms with E-state index in [1.165, 1.54) is 0 Å². The minimum absolute atomic E-state index is 0.0662. The summed E-state index contributed by atoms with van der Waals surface area (Å²) in [5.74, 6) is -0.349. The van der Waals surface area contributed by atoms with E-state index in [1.807, 2.05) is 30.3 Å². The smallest absolute Gasteiger partial charge is 0.329 e. The van der Waals surface area contributed by atoms with Crippen molar-refractivity contribution in [3.63, 3.8) is 0 Å². The highest BCUT2D eigenvalue weighted by Gasteiger charge is 2.25. The maximum Gasteiger partial charge on any atom is 0.329 e. The first-order valence-electron chi connectivity index (χ1n) is 8.75. The van der Waals surface area contributed by atoms with E-state index in [9.17, 15) is 14.4 Å². The van der Waals surface area contributed by atoms with Crippen molar-refractivity contribution in [3.8, 4) is 0 Å². The largest absolute Gasteiger partial charge is 0.462 e. The molecule has 1 atom stereocenters. The highest BCUT2D eigenvalue weighted by Crippen LogP contribution is 2.12. The minimum Gasteiger partial charge on any atom is -0.462 e. The van der Waals surface area contributed by atoms with E-state index in [0.29, 0.717) is 12.2 Å². The van der Waals surface area contributed by atoms with Gasteiger partial charge in [-0.15, -0.1) is 6.58 Å². The van der Waals surface area contributed by atoms with Crippen LogP contribution in [-0.4, -0.2) is 48.7 Å². The molecule has 146 valence electrons. The van der Waals surface area contributed by atoms with E-state index in [0.717, 1.165) is 23.7 Å². The third-order valence-electron chi connectivity index (χ3n) is 3.56. The minimum atomic E-state index is -0.996. The number of allylic oxidation sites excluding steroid dienone is 1. The van der Waals surface area contributed by atoms with Gasteiger partial charge in [-0.2, -0.15) is 0 Å². The average Bonchev–Trinajstić information content (AvgIpc) is 2.66. The summed E-state index contributed by atoms with van der Waals surface area (Å²) in [6, 6.07) is 8.84. The molecule has 0 aliphatic heterocycles. The van der Waals surface area contributed by atoms with Gasteiger partial charge in [-0.25, -0.2) is 4.79 Å². The van der Waals surface area contributed by atoms with Gasteiger partial charge in [0.15, 0.2) is 5.12 Å². The summed E-state index contributed by atoms with van der Waals surface area (Å²) < 4.78 is 5.06. The van der Waals surface area contributed by atoms with E-state index >= 15 is 0 Å². The number of hydrogen-bond donors (Lipinski definition) is 1. The van der Waals surface area contributed by atoms with Gasteiger partial charge in [-0.1, -0.05) is 48.2 Å². The van der Waals surface area contributed by atoms with Gasteiger partial charge in [-0.3, -0.25) is 14.6 Å². The molecule has 1 amide bonds. The molecule has 0 heterocycles. The lowest BCUT2D eigenvalue weighted by atomic mass is 10.2. The van der Waals surface area contributed by atoms with Crippen LogP contribution in [0.1, 0.15) is 24.8 Å². The summed E-state index contributed by atoms with van der Waals surface area (Å²) in [4.78, 5) is 39.9. The van der Waals surface area contributed by atoms with E-state index in [1.54, 1.807) is 6.08 Å². The van der Waals surface area contributed by atoms with Crippen LogP contribution in [-0.2, 0) is 25.5 Å². The normalized spacial score (nSPS) is 11.3. The second-order valence-corrected chi connectivity index (χ2v) is 6.87. The zero-order valence-electron chi connectivity index (χ0n) is 15.4. The molecule has 0 aromatic heterocycles. The molecule has 0 saturated heterocycles. The number of aliphatic imine (C=N–C) groups is 1. The number of carbonyl (C=O) groups is 3. The fraction of sp³-hybridized carbons (Fsp3) is 0.400. The Bertz CT molecular complexity index is 634. The molecule has 0 unspecified atom stereocenters. The van der Waals surface area contributed by atoms with Crippen molar-refractivity contribution in [3.05, 3.63) is 48.6 Å². The van der Waals surface area contributed by atoms with Crippen molar-refractivity contribution in [2.24, 2.45) is 4.99 Å². The number of nitrogens with one attached hydrogen (secondary N) is 1. The molecular weight excluding hydrogens is 364 g/mol. The number of benzene rings is 1. The van der Waals surface area contributed by atoms with Crippen LogP contribution < -0.4 is 5.32 Å². The van der Waals surface area contributed by atoms with Crippen LogP contribution in [0.5, 0.6) is 0 Å². The number of rotatable bonds is 13. The number of esters is 1. The number of hydrogen-bond acceptors (Lipinski definition) is 6. The topological polar surface area (TPSA) is 84.8 Å². The van der Waals surface area contributed by atoms with E-state index in [-0.39, 0.29) is 37.0 Å². The Morgan fingerprint density at radius 2 is 2.00 bits per heavy atom. The summed E-state index contributed by atoms with van der Waals surface area (Å²) in [6.07, 6.45) is 2.96. The highest BCUT2D eigenvalue weighted by atomic mass is 32.2. The third kappa shape index (κ3) is 10.4. The van der Waals surface area contributed by atoms with Gasteiger partial charge in [-0.05, 0) is 25.1 Å². The molecule has 1 aromatic carbocycles. The summed E-state index contributed by atoms with van der Waals surface area (Å²) >= 11 is 1.15. The lowest BCUT2D eigenvalue weighted by molar-refractivity contribution is -0.148. The van der Waals surface area contributed by atoms with Gasteiger partial charge in [0.2, 0.25) is 5.91 Å². The van der Waals surface area contributed by atoms with Crippen molar-refractivity contribution in [2.75, 3.05) is 18.9 Å². The lowest BCUT2D eigenvalue weighted by Gasteiger charge is -2.16. The second-order valence-electron chi connectivity index (χ2n) is 5.72. The van der Waals surface area contributed by atoms with Crippen molar-refractivity contribution in [1.29, 1.82) is 0 Å². The molecule has 0 radical (unpaired) electrons. The Kier molecular flexibility index (Phi) is 11.5. The molecule has 1 aromatic rings. The molecular formula is C20H26N2O4S. The van der Waals surface area contributed by atoms with Crippen molar-refractivity contribution in [2.45, 2.75) is 31.7 Å². The molecule has 1 rings (SSSR count). The molecule has 0 fully saturated rings. The maximum absolute atomic E-state index is 12.2. The average molecular weight is 391 g/mol. The molecule has 1 N–H and O–H groups in total. The van der Waals surface area contributed by atoms with Crippen LogP contribution in [0.3, 0.4) is 0 Å². The summed E-state index contributed by atoms with van der Waals surface area (Å²) in [7, 11) is 0. The molecule has 7 heteroatoms. The molecule has 0 spiro atoms. The Labute approximate surface area is 164 Å². The summed E-state index contributed by atoms with van der Waals surface area (Å²) in [6.45, 7) is 7.20. The fourth-order valence-corrected chi connectivity index (χ4v) is 3.01. The number of aryl methyl sites for hydroxylation is 1. The number of carbonyl (C=O) groups excluding carboxylic acids is 3. The third-order valence-corrected chi connectivity index (χ3v) is 4.45. The Hall–Kier alpha value is -2.41. The van der Waals surface area contributed by atoms with Gasteiger partial charge in [0.1, 0.15) is 12.6 Å². The molecule has 0 aliphatic rings. The number of thioether (sulfide) groups is 1. The number of amides is 1. The first kappa shape index (κ1) is 22.6. The van der Waals surface area contributed by atoms with Gasteiger partial charge in [0, 0.05) is 18.6 Å². The highest BCUT2D eigenvalue weighted by molar-refractivity contribution is 8.13. The first-order chi connectivity index (χ1) is 13.1. The summed E-state index contributed by atoms with van der Waals surface area (Å²) in [5, 5.41) is 2.41. The molecule has 27 heavy (non-hydrogen) atoms. The Morgan fingerprint density at radius 3 is 2.67 bits per heavy atom. The SMILES string of the molecule is C=CCCC(=O)N[C@@H](CC(=O)SCCc1ccccc1)C(=O)OCCN=C. The van der Waals surface area contributed by atoms with Gasteiger partial charge >= 0.3 is 5.97 Å². The van der Waals surface area contributed by atoms with Crippen LogP contribution in [0, 0.1) is 0 Å².